The monoisotopic (exact) mass is 407 g/mol. The number of carbonyl (C=O) groups is 2. The van der Waals surface area contributed by atoms with Gasteiger partial charge in [-0.3, -0.25) is 14.9 Å². The lowest BCUT2D eigenvalue weighted by Gasteiger charge is -2.08. The van der Waals surface area contributed by atoms with Crippen molar-refractivity contribution < 1.29 is 19.2 Å². The SMILES string of the molecule is CCOC(=O)c1ccc(NC(=O)/C(C#N)=C/c2ccc(C(C)C)c([N+](=O)[O-])c2)cc1. The van der Waals surface area contributed by atoms with E-state index in [-0.39, 0.29) is 23.8 Å². The fraction of sp³-hybridized carbons (Fsp3) is 0.227. The zero-order valence-corrected chi connectivity index (χ0v) is 16.8. The van der Waals surface area contributed by atoms with Crippen molar-refractivity contribution in [3.8, 4) is 6.07 Å². The second-order valence-corrected chi connectivity index (χ2v) is 6.65. The molecule has 1 N–H and O–H groups in total. The Hall–Kier alpha value is -3.99. The van der Waals surface area contributed by atoms with Gasteiger partial charge in [-0.1, -0.05) is 26.0 Å². The lowest BCUT2D eigenvalue weighted by molar-refractivity contribution is -0.385. The van der Waals surface area contributed by atoms with Gasteiger partial charge < -0.3 is 10.1 Å². The predicted molar refractivity (Wildman–Crippen MR) is 112 cm³/mol. The first-order valence-corrected chi connectivity index (χ1v) is 9.25. The summed E-state index contributed by atoms with van der Waals surface area (Å²) in [5, 5.41) is 23.3. The van der Waals surface area contributed by atoms with Crippen molar-refractivity contribution in [3.05, 3.63) is 74.8 Å². The highest BCUT2D eigenvalue weighted by Gasteiger charge is 2.18. The van der Waals surface area contributed by atoms with Crippen molar-refractivity contribution in [2.45, 2.75) is 26.7 Å². The molecule has 0 spiro atoms. The summed E-state index contributed by atoms with van der Waals surface area (Å²) in [6.07, 6.45) is 1.29. The minimum absolute atomic E-state index is 0.0419. The fourth-order valence-corrected chi connectivity index (χ4v) is 2.71. The van der Waals surface area contributed by atoms with E-state index in [0.717, 1.165) is 0 Å². The van der Waals surface area contributed by atoms with E-state index in [2.05, 4.69) is 5.32 Å². The summed E-state index contributed by atoms with van der Waals surface area (Å²) in [4.78, 5) is 35.0. The van der Waals surface area contributed by atoms with Gasteiger partial charge in [0.2, 0.25) is 0 Å². The number of hydrogen-bond acceptors (Lipinski definition) is 6. The van der Waals surface area contributed by atoms with E-state index in [4.69, 9.17) is 4.74 Å². The Bertz CT molecular complexity index is 1030. The van der Waals surface area contributed by atoms with Gasteiger partial charge in [-0.05, 0) is 48.7 Å². The summed E-state index contributed by atoms with van der Waals surface area (Å²) >= 11 is 0. The molecule has 154 valence electrons. The van der Waals surface area contributed by atoms with Crippen molar-refractivity contribution in [1.29, 1.82) is 5.26 Å². The number of carbonyl (C=O) groups excluding carboxylic acids is 2. The molecular formula is C22H21N3O5. The molecule has 30 heavy (non-hydrogen) atoms. The molecule has 0 heterocycles. The van der Waals surface area contributed by atoms with Crippen molar-refractivity contribution in [1.82, 2.24) is 0 Å². The Morgan fingerprint density at radius 1 is 1.23 bits per heavy atom. The van der Waals surface area contributed by atoms with E-state index in [1.54, 1.807) is 19.1 Å². The zero-order chi connectivity index (χ0) is 22.3. The quantitative estimate of drug-likeness (QED) is 0.238. The summed E-state index contributed by atoms with van der Waals surface area (Å²) in [6.45, 7) is 5.65. The van der Waals surface area contributed by atoms with Gasteiger partial charge in [0.05, 0.1) is 17.1 Å². The van der Waals surface area contributed by atoms with Crippen LogP contribution in [0.15, 0.2) is 48.0 Å². The predicted octanol–water partition coefficient (Wildman–Crippen LogP) is 4.44. The van der Waals surface area contributed by atoms with Crippen LogP contribution < -0.4 is 5.32 Å². The Balaban J connectivity index is 2.23. The normalized spacial score (nSPS) is 11.0. The molecule has 0 aliphatic rings. The Morgan fingerprint density at radius 3 is 2.43 bits per heavy atom. The Morgan fingerprint density at radius 2 is 1.90 bits per heavy atom. The molecule has 0 atom stereocenters. The molecule has 8 heteroatoms. The van der Waals surface area contributed by atoms with Crippen LogP contribution in [0.4, 0.5) is 11.4 Å². The highest BCUT2D eigenvalue weighted by atomic mass is 16.6. The third kappa shape index (κ3) is 5.52. The van der Waals surface area contributed by atoms with Crippen LogP contribution in [0, 0.1) is 21.4 Å². The van der Waals surface area contributed by atoms with Gasteiger partial charge in [-0.15, -0.1) is 0 Å². The maximum absolute atomic E-state index is 12.4. The highest BCUT2D eigenvalue weighted by molar-refractivity contribution is 6.09. The van der Waals surface area contributed by atoms with Gasteiger partial charge in [-0.25, -0.2) is 4.79 Å². The topological polar surface area (TPSA) is 122 Å². The summed E-state index contributed by atoms with van der Waals surface area (Å²) < 4.78 is 4.89. The summed E-state index contributed by atoms with van der Waals surface area (Å²) in [5.41, 5.74) is 1.39. The molecule has 0 bridgehead atoms. The second-order valence-electron chi connectivity index (χ2n) is 6.65. The van der Waals surface area contributed by atoms with Gasteiger partial charge in [0.1, 0.15) is 11.6 Å². The average molecular weight is 407 g/mol. The van der Waals surface area contributed by atoms with Gasteiger partial charge in [-0.2, -0.15) is 5.26 Å². The maximum Gasteiger partial charge on any atom is 0.338 e. The fourth-order valence-electron chi connectivity index (χ4n) is 2.71. The van der Waals surface area contributed by atoms with E-state index in [1.807, 2.05) is 19.9 Å². The van der Waals surface area contributed by atoms with Crippen LogP contribution in [0.1, 0.15) is 48.2 Å². The molecule has 2 rings (SSSR count). The molecule has 0 aliphatic carbocycles. The number of nitriles is 1. The van der Waals surface area contributed by atoms with E-state index in [1.165, 1.54) is 36.4 Å². The Kier molecular flexibility index (Phi) is 7.42. The third-order valence-corrected chi connectivity index (χ3v) is 4.20. The van der Waals surface area contributed by atoms with Crippen LogP contribution in [0.5, 0.6) is 0 Å². The minimum atomic E-state index is -0.669. The van der Waals surface area contributed by atoms with Crippen molar-refractivity contribution in [2.75, 3.05) is 11.9 Å². The Labute approximate surface area is 173 Å². The third-order valence-electron chi connectivity index (χ3n) is 4.20. The maximum atomic E-state index is 12.4. The van der Waals surface area contributed by atoms with Crippen LogP contribution in [0.2, 0.25) is 0 Å². The van der Waals surface area contributed by atoms with Crippen molar-refractivity contribution in [2.24, 2.45) is 0 Å². The molecule has 0 aliphatic heterocycles. The van der Waals surface area contributed by atoms with E-state index >= 15 is 0 Å². The molecule has 0 saturated carbocycles. The number of ether oxygens (including phenoxy) is 1. The van der Waals surface area contributed by atoms with Crippen LogP contribution in [-0.2, 0) is 9.53 Å². The molecule has 0 saturated heterocycles. The highest BCUT2D eigenvalue weighted by Crippen LogP contribution is 2.28. The number of esters is 1. The molecule has 0 unspecified atom stereocenters. The molecular weight excluding hydrogens is 386 g/mol. The van der Waals surface area contributed by atoms with Crippen molar-refractivity contribution in [3.63, 3.8) is 0 Å². The summed E-state index contributed by atoms with van der Waals surface area (Å²) in [6, 6.07) is 12.4. The number of rotatable bonds is 7. The minimum Gasteiger partial charge on any atom is -0.462 e. The largest absolute Gasteiger partial charge is 0.462 e. The molecule has 0 fully saturated rings. The van der Waals surface area contributed by atoms with Crippen molar-refractivity contribution >= 4 is 29.3 Å². The standard InChI is InChI=1S/C22H21N3O5/c1-4-30-22(27)16-6-8-18(9-7-16)24-21(26)17(13-23)11-15-5-10-19(14(2)3)20(12-15)25(28)29/h5-12,14H,4H2,1-3H3,(H,24,26)/b17-11+. The van der Waals surface area contributed by atoms with Crippen LogP contribution in [0.25, 0.3) is 6.08 Å². The van der Waals surface area contributed by atoms with Gasteiger partial charge >= 0.3 is 5.97 Å². The molecule has 2 aromatic rings. The summed E-state index contributed by atoms with van der Waals surface area (Å²) in [7, 11) is 0. The first-order chi connectivity index (χ1) is 14.3. The molecule has 0 aromatic heterocycles. The van der Waals surface area contributed by atoms with Crippen LogP contribution in [0.3, 0.4) is 0 Å². The van der Waals surface area contributed by atoms with Gasteiger partial charge in [0, 0.05) is 17.3 Å². The van der Waals surface area contributed by atoms with Gasteiger partial charge in [0.15, 0.2) is 0 Å². The van der Waals surface area contributed by atoms with E-state index < -0.39 is 16.8 Å². The van der Waals surface area contributed by atoms with Crippen LogP contribution >= 0.6 is 0 Å². The first kappa shape index (κ1) is 22.3. The molecule has 1 amide bonds. The van der Waals surface area contributed by atoms with E-state index in [9.17, 15) is 25.0 Å². The zero-order valence-electron chi connectivity index (χ0n) is 16.8. The average Bonchev–Trinajstić information content (AvgIpc) is 2.72. The van der Waals surface area contributed by atoms with E-state index in [0.29, 0.717) is 22.4 Å². The molecule has 0 radical (unpaired) electrons. The number of nitrogens with one attached hydrogen (secondary N) is 1. The lowest BCUT2D eigenvalue weighted by atomic mass is 9.98. The lowest BCUT2D eigenvalue weighted by Crippen LogP contribution is -2.13. The smallest absolute Gasteiger partial charge is 0.338 e. The number of benzene rings is 2. The first-order valence-electron chi connectivity index (χ1n) is 9.25. The second kappa shape index (κ2) is 9.98. The van der Waals surface area contributed by atoms with Gasteiger partial charge in [0.25, 0.3) is 11.6 Å². The number of hydrogen-bond donors (Lipinski definition) is 1. The number of nitro groups is 1. The molecule has 2 aromatic carbocycles. The summed E-state index contributed by atoms with van der Waals surface area (Å²) in [5.74, 6) is -1.18. The van der Waals surface area contributed by atoms with Crippen LogP contribution in [-0.4, -0.2) is 23.4 Å². The number of anilines is 1. The molecule has 8 nitrogen and oxygen atoms in total. The number of amides is 1. The number of nitro benzene ring substituents is 1. The number of nitrogens with zero attached hydrogens (tertiary/aromatic N) is 2.